The van der Waals surface area contributed by atoms with E-state index in [9.17, 15) is 0 Å². The maximum Gasteiger partial charge on any atom is 0.0253 e. The summed E-state index contributed by atoms with van der Waals surface area (Å²) in [4.78, 5) is 2.50. The second-order valence-electron chi connectivity index (χ2n) is 5.99. The van der Waals surface area contributed by atoms with Gasteiger partial charge in [0.1, 0.15) is 0 Å². The molecule has 2 nitrogen and oxygen atoms in total. The summed E-state index contributed by atoms with van der Waals surface area (Å²) in [5, 5.41) is 3.39. The van der Waals surface area contributed by atoms with Gasteiger partial charge >= 0.3 is 0 Å². The minimum Gasteiger partial charge on any atom is -0.314 e. The Morgan fingerprint density at radius 1 is 1.09 bits per heavy atom. The summed E-state index contributed by atoms with van der Waals surface area (Å²) >= 11 is 3.63. The molecule has 2 aromatic carbocycles. The Hall–Kier alpha value is -1.42. The first-order chi connectivity index (χ1) is 11.2. The highest BCUT2D eigenvalue weighted by Gasteiger charge is 2.08. The van der Waals surface area contributed by atoms with Gasteiger partial charge in [0.2, 0.25) is 0 Å². The van der Waals surface area contributed by atoms with E-state index < -0.39 is 0 Å². The molecule has 1 aliphatic heterocycles. The van der Waals surface area contributed by atoms with Gasteiger partial charge in [-0.15, -0.1) is 0 Å². The number of hydrogen-bond donors (Lipinski definition) is 1. The van der Waals surface area contributed by atoms with Crippen LogP contribution in [0.3, 0.4) is 0 Å². The molecule has 1 heterocycles. The number of rotatable bonds is 4. The highest BCUT2D eigenvalue weighted by atomic mass is 79.9. The van der Waals surface area contributed by atoms with Gasteiger partial charge in [0.25, 0.3) is 0 Å². The molecule has 23 heavy (non-hydrogen) atoms. The number of halogens is 1. The quantitative estimate of drug-likeness (QED) is 0.856. The molecule has 0 radical (unpaired) electrons. The Labute approximate surface area is 147 Å². The molecular formula is C20H23BrN2. The van der Waals surface area contributed by atoms with Gasteiger partial charge in [0.15, 0.2) is 0 Å². The van der Waals surface area contributed by atoms with E-state index >= 15 is 0 Å². The van der Waals surface area contributed by atoms with Crippen molar-refractivity contribution >= 4 is 21.5 Å². The van der Waals surface area contributed by atoms with Crippen molar-refractivity contribution in [3.05, 3.63) is 64.6 Å². The predicted molar refractivity (Wildman–Crippen MR) is 103 cm³/mol. The highest BCUT2D eigenvalue weighted by molar-refractivity contribution is 9.10. The summed E-state index contributed by atoms with van der Waals surface area (Å²) in [5.41, 5.74) is 5.13. The zero-order valence-electron chi connectivity index (χ0n) is 13.6. The van der Waals surface area contributed by atoms with E-state index in [0.29, 0.717) is 0 Å². The number of nitrogens with zero attached hydrogens (tertiary/aromatic N) is 1. The third-order valence-corrected chi connectivity index (χ3v) is 5.08. The van der Waals surface area contributed by atoms with Crippen molar-refractivity contribution in [3.8, 4) is 11.1 Å². The molecule has 0 bridgehead atoms. The topological polar surface area (TPSA) is 15.3 Å². The van der Waals surface area contributed by atoms with E-state index in [4.69, 9.17) is 0 Å². The van der Waals surface area contributed by atoms with Crippen LogP contribution in [-0.2, 0) is 0 Å². The van der Waals surface area contributed by atoms with Crippen molar-refractivity contribution in [1.82, 2.24) is 10.2 Å². The monoisotopic (exact) mass is 370 g/mol. The molecule has 0 spiro atoms. The average molecular weight is 371 g/mol. The van der Waals surface area contributed by atoms with Crippen LogP contribution < -0.4 is 5.32 Å². The smallest absolute Gasteiger partial charge is 0.0253 e. The molecule has 0 atom stereocenters. The number of nitrogens with one attached hydrogen (secondary N) is 1. The van der Waals surface area contributed by atoms with Gasteiger partial charge in [0.05, 0.1) is 0 Å². The van der Waals surface area contributed by atoms with Crippen LogP contribution in [0.25, 0.3) is 16.7 Å². The molecule has 1 N–H and O–H groups in total. The van der Waals surface area contributed by atoms with Gasteiger partial charge in [0, 0.05) is 37.2 Å². The first kappa shape index (κ1) is 16.4. The van der Waals surface area contributed by atoms with Crippen LogP contribution in [0.4, 0.5) is 0 Å². The number of piperazine rings is 1. The third kappa shape index (κ3) is 4.31. The van der Waals surface area contributed by atoms with Gasteiger partial charge < -0.3 is 5.32 Å². The molecule has 120 valence electrons. The zero-order valence-corrected chi connectivity index (χ0v) is 15.1. The Morgan fingerprint density at radius 3 is 2.48 bits per heavy atom. The summed E-state index contributed by atoms with van der Waals surface area (Å²) in [5.74, 6) is 0. The van der Waals surface area contributed by atoms with E-state index in [0.717, 1.165) is 37.2 Å². The van der Waals surface area contributed by atoms with Crippen LogP contribution in [0.1, 0.15) is 12.5 Å². The summed E-state index contributed by atoms with van der Waals surface area (Å²) < 4.78 is 1.14. The molecule has 0 saturated carbocycles. The molecule has 1 saturated heterocycles. The summed E-state index contributed by atoms with van der Waals surface area (Å²) in [6, 6.07) is 17.2. The van der Waals surface area contributed by atoms with Crippen molar-refractivity contribution in [3.63, 3.8) is 0 Å². The summed E-state index contributed by atoms with van der Waals surface area (Å²) in [6.45, 7) is 7.74. The van der Waals surface area contributed by atoms with Crippen molar-refractivity contribution < 1.29 is 0 Å². The lowest BCUT2D eigenvalue weighted by atomic mass is 10.0. The summed E-state index contributed by atoms with van der Waals surface area (Å²) in [6.07, 6.45) is 2.35. The predicted octanol–water partition coefficient (Wildman–Crippen LogP) is 4.42. The van der Waals surface area contributed by atoms with Crippen LogP contribution in [0, 0.1) is 0 Å². The van der Waals surface area contributed by atoms with E-state index in [-0.39, 0.29) is 0 Å². The van der Waals surface area contributed by atoms with E-state index in [1.165, 1.54) is 22.3 Å². The highest BCUT2D eigenvalue weighted by Crippen LogP contribution is 2.28. The molecule has 1 aliphatic rings. The van der Waals surface area contributed by atoms with Gasteiger partial charge in [-0.25, -0.2) is 0 Å². The molecule has 0 amide bonds. The lowest BCUT2D eigenvalue weighted by molar-refractivity contribution is 0.265. The van der Waals surface area contributed by atoms with Crippen LogP contribution in [-0.4, -0.2) is 37.6 Å². The average Bonchev–Trinajstić information content (AvgIpc) is 2.61. The second kappa shape index (κ2) is 7.91. The van der Waals surface area contributed by atoms with E-state index in [1.54, 1.807) is 0 Å². The Kier molecular flexibility index (Phi) is 5.65. The maximum absolute atomic E-state index is 3.63. The SMILES string of the molecule is C/C(=C/CN1CCNCC1)c1ccc(-c2ccccc2Br)cc1. The van der Waals surface area contributed by atoms with Crippen molar-refractivity contribution in [2.24, 2.45) is 0 Å². The Balaban J connectivity index is 1.70. The van der Waals surface area contributed by atoms with Crippen LogP contribution in [0.2, 0.25) is 0 Å². The molecular weight excluding hydrogens is 348 g/mol. The van der Waals surface area contributed by atoms with Gasteiger partial charge in [-0.05, 0) is 35.3 Å². The number of allylic oxidation sites excluding steroid dienone is 1. The fraction of sp³-hybridized carbons (Fsp3) is 0.300. The second-order valence-corrected chi connectivity index (χ2v) is 6.85. The Bertz CT molecular complexity index is 670. The lowest BCUT2D eigenvalue weighted by Gasteiger charge is -2.26. The molecule has 0 unspecified atom stereocenters. The third-order valence-electron chi connectivity index (χ3n) is 4.39. The first-order valence-corrected chi connectivity index (χ1v) is 8.98. The van der Waals surface area contributed by atoms with Crippen LogP contribution in [0.5, 0.6) is 0 Å². The molecule has 2 aromatic rings. The molecule has 1 fully saturated rings. The standard InChI is InChI=1S/C20H23BrN2/c1-16(10-13-23-14-11-22-12-15-23)17-6-8-18(9-7-17)19-4-2-3-5-20(19)21/h2-10,22H,11-15H2,1H3/b16-10-. The van der Waals surface area contributed by atoms with E-state index in [1.807, 2.05) is 6.07 Å². The minimum absolute atomic E-state index is 1.04. The van der Waals surface area contributed by atoms with Gasteiger partial charge in [-0.3, -0.25) is 4.90 Å². The van der Waals surface area contributed by atoms with E-state index in [2.05, 4.69) is 81.6 Å². The zero-order chi connectivity index (χ0) is 16.1. The van der Waals surface area contributed by atoms with Gasteiger partial charge in [-0.2, -0.15) is 0 Å². The Morgan fingerprint density at radius 2 is 1.78 bits per heavy atom. The maximum atomic E-state index is 3.63. The number of hydrogen-bond acceptors (Lipinski definition) is 2. The molecule has 3 heteroatoms. The number of benzene rings is 2. The minimum atomic E-state index is 1.04. The van der Waals surface area contributed by atoms with Crippen LogP contribution >= 0.6 is 15.9 Å². The first-order valence-electron chi connectivity index (χ1n) is 8.19. The fourth-order valence-corrected chi connectivity index (χ4v) is 3.40. The lowest BCUT2D eigenvalue weighted by Crippen LogP contribution is -2.43. The molecule has 0 aliphatic carbocycles. The van der Waals surface area contributed by atoms with Crippen LogP contribution in [0.15, 0.2) is 59.1 Å². The summed E-state index contributed by atoms with van der Waals surface area (Å²) in [7, 11) is 0. The molecule has 3 rings (SSSR count). The van der Waals surface area contributed by atoms with Crippen molar-refractivity contribution in [1.29, 1.82) is 0 Å². The van der Waals surface area contributed by atoms with Gasteiger partial charge in [-0.1, -0.05) is 64.5 Å². The fourth-order valence-electron chi connectivity index (χ4n) is 2.89. The van der Waals surface area contributed by atoms with Crippen molar-refractivity contribution in [2.75, 3.05) is 32.7 Å². The molecule has 0 aromatic heterocycles. The largest absolute Gasteiger partial charge is 0.314 e. The normalized spacial score (nSPS) is 16.5. The van der Waals surface area contributed by atoms with Crippen molar-refractivity contribution in [2.45, 2.75) is 6.92 Å².